The summed E-state index contributed by atoms with van der Waals surface area (Å²) in [5.41, 5.74) is 0. The normalized spacial score (nSPS) is 15.2. The fourth-order valence-corrected chi connectivity index (χ4v) is 0.457. The number of allylic oxidation sites excluding steroid dienone is 1. The summed E-state index contributed by atoms with van der Waals surface area (Å²) in [6.45, 7) is 0. The van der Waals surface area contributed by atoms with E-state index in [-0.39, 0.29) is 0 Å². The molecule has 12 heteroatoms. The Morgan fingerprint density at radius 3 is 1.61 bits per heavy atom. The molecule has 0 aromatic heterocycles. The Bertz CT molecular complexity index is 369. The van der Waals surface area contributed by atoms with Crippen molar-refractivity contribution in [3.05, 3.63) is 11.8 Å². The van der Waals surface area contributed by atoms with Crippen LogP contribution in [-0.4, -0.2) is 29.3 Å². The molecule has 0 aliphatic heterocycles. The zero-order chi connectivity index (χ0) is 14.9. The Morgan fingerprint density at radius 1 is 0.944 bits per heavy atom. The molecule has 0 unspecified atom stereocenters. The molecular formula is C6HF9O3. The zero-order valence-electron chi connectivity index (χ0n) is 7.67. The first-order valence-corrected chi connectivity index (χ1v) is 3.54. The summed E-state index contributed by atoms with van der Waals surface area (Å²) in [7, 11) is 0. The van der Waals surface area contributed by atoms with Crippen LogP contribution in [0.5, 0.6) is 0 Å². The standard InChI is InChI=1S/C6HF9O3/c7-1(5(11,12)13)2(8)18-6(14,15)4(9,10)3(16)17/h(H,16,17). The summed E-state index contributed by atoms with van der Waals surface area (Å²) >= 11 is 0. The van der Waals surface area contributed by atoms with Crippen LogP contribution in [0.1, 0.15) is 0 Å². The second kappa shape index (κ2) is 4.57. The number of rotatable bonds is 4. The van der Waals surface area contributed by atoms with Crippen molar-refractivity contribution < 1.29 is 54.2 Å². The fourth-order valence-electron chi connectivity index (χ4n) is 0.457. The molecule has 0 fully saturated rings. The van der Waals surface area contributed by atoms with Gasteiger partial charge < -0.3 is 9.84 Å². The summed E-state index contributed by atoms with van der Waals surface area (Å²) in [6.07, 6.45) is -12.3. The number of halogens is 9. The van der Waals surface area contributed by atoms with Gasteiger partial charge in [0, 0.05) is 0 Å². The van der Waals surface area contributed by atoms with E-state index in [0.717, 1.165) is 0 Å². The maximum absolute atomic E-state index is 12.3. The smallest absolute Gasteiger partial charge is 0.477 e. The third kappa shape index (κ3) is 3.20. The Balaban J connectivity index is 5.30. The van der Waals surface area contributed by atoms with Crippen molar-refractivity contribution in [1.29, 1.82) is 0 Å². The van der Waals surface area contributed by atoms with Crippen LogP contribution in [0, 0.1) is 0 Å². The number of aliphatic carboxylic acids is 1. The van der Waals surface area contributed by atoms with E-state index in [1.165, 1.54) is 0 Å². The van der Waals surface area contributed by atoms with Crippen LogP contribution < -0.4 is 0 Å². The van der Waals surface area contributed by atoms with Crippen LogP contribution in [0.15, 0.2) is 11.8 Å². The maximum Gasteiger partial charge on any atom is 0.478 e. The largest absolute Gasteiger partial charge is 0.478 e. The average Bonchev–Trinajstić information content (AvgIpc) is 2.13. The molecule has 106 valence electrons. The second-order valence-electron chi connectivity index (χ2n) is 2.58. The predicted octanol–water partition coefficient (Wildman–Crippen LogP) is 2.99. The lowest BCUT2D eigenvalue weighted by atomic mass is 10.3. The van der Waals surface area contributed by atoms with Crippen molar-refractivity contribution in [2.75, 3.05) is 0 Å². The monoisotopic (exact) mass is 292 g/mol. The fraction of sp³-hybridized carbons (Fsp3) is 0.500. The molecular weight excluding hydrogens is 291 g/mol. The van der Waals surface area contributed by atoms with Gasteiger partial charge in [-0.15, -0.1) is 0 Å². The minimum Gasteiger partial charge on any atom is -0.477 e. The van der Waals surface area contributed by atoms with Gasteiger partial charge in [0.2, 0.25) is 0 Å². The molecule has 18 heavy (non-hydrogen) atoms. The highest BCUT2D eigenvalue weighted by atomic mass is 19.4. The molecule has 0 spiro atoms. The molecule has 1 N–H and O–H groups in total. The number of carboxylic acids is 1. The van der Waals surface area contributed by atoms with Crippen molar-refractivity contribution in [2.24, 2.45) is 0 Å². The first-order valence-electron chi connectivity index (χ1n) is 3.54. The van der Waals surface area contributed by atoms with Crippen LogP contribution >= 0.6 is 0 Å². The molecule has 3 nitrogen and oxygen atoms in total. The summed E-state index contributed by atoms with van der Waals surface area (Å²) in [6, 6.07) is -3.71. The maximum atomic E-state index is 12.3. The Kier molecular flexibility index (Phi) is 4.16. The zero-order valence-corrected chi connectivity index (χ0v) is 7.67. The van der Waals surface area contributed by atoms with Crippen LogP contribution in [0.2, 0.25) is 0 Å². The molecule has 0 atom stereocenters. The van der Waals surface area contributed by atoms with E-state index in [2.05, 4.69) is 4.74 Å². The number of hydrogen-bond donors (Lipinski definition) is 1. The lowest BCUT2D eigenvalue weighted by Gasteiger charge is -2.22. The molecule has 0 aromatic rings. The lowest BCUT2D eigenvalue weighted by molar-refractivity contribution is -0.331. The molecule has 0 aromatic carbocycles. The van der Waals surface area contributed by atoms with Crippen LogP contribution in [0.4, 0.5) is 39.5 Å². The Labute approximate surface area is 91.4 Å². The summed E-state index contributed by atoms with van der Waals surface area (Å²) in [5, 5.41) is 7.62. The average molecular weight is 292 g/mol. The minimum absolute atomic E-state index is 2.11. The molecule has 0 radical (unpaired) electrons. The second-order valence-corrected chi connectivity index (χ2v) is 2.58. The van der Waals surface area contributed by atoms with Gasteiger partial charge in [-0.1, -0.05) is 0 Å². The third-order valence-corrected chi connectivity index (χ3v) is 1.27. The van der Waals surface area contributed by atoms with Gasteiger partial charge in [0.25, 0.3) is 5.83 Å². The SMILES string of the molecule is O=C(O)C(F)(F)C(F)(F)OC(F)=C(F)C(F)(F)F. The van der Waals surface area contributed by atoms with E-state index >= 15 is 0 Å². The van der Waals surface area contributed by atoms with Gasteiger partial charge in [-0.2, -0.15) is 39.5 Å². The molecule has 0 saturated heterocycles. The molecule has 0 aliphatic rings. The number of alkyl halides is 7. The molecule has 0 amide bonds. The predicted molar refractivity (Wildman–Crippen MR) is 33.9 cm³/mol. The summed E-state index contributed by atoms with van der Waals surface area (Å²) in [4.78, 5) is 9.65. The van der Waals surface area contributed by atoms with Crippen molar-refractivity contribution in [1.82, 2.24) is 0 Å². The van der Waals surface area contributed by atoms with Gasteiger partial charge in [-0.3, -0.25) is 0 Å². The van der Waals surface area contributed by atoms with E-state index in [9.17, 15) is 44.3 Å². The first-order chi connectivity index (χ1) is 7.73. The third-order valence-electron chi connectivity index (χ3n) is 1.27. The van der Waals surface area contributed by atoms with Crippen LogP contribution in [0.25, 0.3) is 0 Å². The van der Waals surface area contributed by atoms with E-state index in [1.807, 2.05) is 0 Å². The van der Waals surface area contributed by atoms with Crippen LogP contribution in [-0.2, 0) is 9.53 Å². The summed E-state index contributed by atoms with van der Waals surface area (Å²) in [5.74, 6) is -13.4. The van der Waals surface area contributed by atoms with E-state index in [0.29, 0.717) is 0 Å². The van der Waals surface area contributed by atoms with E-state index < -0.39 is 36.0 Å². The van der Waals surface area contributed by atoms with Crippen molar-refractivity contribution in [3.8, 4) is 0 Å². The van der Waals surface area contributed by atoms with Gasteiger partial charge in [0.1, 0.15) is 0 Å². The number of carboxylic acid groups (broad SMARTS) is 1. The van der Waals surface area contributed by atoms with Gasteiger partial charge in [0.15, 0.2) is 0 Å². The number of hydrogen-bond acceptors (Lipinski definition) is 2. The van der Waals surface area contributed by atoms with E-state index in [1.54, 1.807) is 0 Å². The topological polar surface area (TPSA) is 46.5 Å². The quantitative estimate of drug-likeness (QED) is 0.640. The molecule has 0 saturated carbocycles. The van der Waals surface area contributed by atoms with Crippen molar-refractivity contribution in [2.45, 2.75) is 18.2 Å². The van der Waals surface area contributed by atoms with Gasteiger partial charge in [-0.25, -0.2) is 4.79 Å². The van der Waals surface area contributed by atoms with Crippen molar-refractivity contribution in [3.63, 3.8) is 0 Å². The summed E-state index contributed by atoms with van der Waals surface area (Å²) < 4.78 is 109. The molecule has 0 bridgehead atoms. The molecule has 0 aliphatic carbocycles. The van der Waals surface area contributed by atoms with E-state index in [4.69, 9.17) is 5.11 Å². The first kappa shape index (κ1) is 16.4. The number of ether oxygens (including phenoxy) is 1. The van der Waals surface area contributed by atoms with Gasteiger partial charge >= 0.3 is 30.2 Å². The minimum atomic E-state index is -6.22. The number of carbonyl (C=O) groups is 1. The Morgan fingerprint density at radius 2 is 1.33 bits per heavy atom. The molecule has 0 rings (SSSR count). The molecule has 0 heterocycles. The van der Waals surface area contributed by atoms with Gasteiger partial charge in [-0.05, 0) is 0 Å². The highest BCUT2D eigenvalue weighted by molar-refractivity contribution is 5.76. The Hall–Kier alpha value is -1.62. The highest BCUT2D eigenvalue weighted by Crippen LogP contribution is 2.40. The van der Waals surface area contributed by atoms with Crippen LogP contribution in [0.3, 0.4) is 0 Å². The highest BCUT2D eigenvalue weighted by Gasteiger charge is 2.66. The van der Waals surface area contributed by atoms with Crippen molar-refractivity contribution >= 4 is 5.97 Å². The lowest BCUT2D eigenvalue weighted by Crippen LogP contribution is -2.48. The van der Waals surface area contributed by atoms with Gasteiger partial charge in [0.05, 0.1) is 0 Å².